The molecule has 0 amide bonds. The fraction of sp³-hybridized carbons (Fsp3) is 0.278. The van der Waals surface area contributed by atoms with E-state index in [1.165, 1.54) is 5.56 Å². The van der Waals surface area contributed by atoms with Gasteiger partial charge in [0, 0.05) is 12.2 Å². The zero-order valence-corrected chi connectivity index (χ0v) is 12.7. The predicted octanol–water partition coefficient (Wildman–Crippen LogP) is 4.29. The van der Waals surface area contributed by atoms with Crippen LogP contribution in [0.2, 0.25) is 0 Å². The minimum atomic E-state index is -0.896. The van der Waals surface area contributed by atoms with Crippen LogP contribution in [0.1, 0.15) is 42.3 Å². The number of carboxylic acids is 1. The Morgan fingerprint density at radius 3 is 2.48 bits per heavy atom. The smallest absolute Gasteiger partial charge is 0.335 e. The molecule has 2 aromatic carbocycles. The first kappa shape index (κ1) is 15.1. The molecule has 3 nitrogen and oxygen atoms in total. The molecule has 0 bridgehead atoms. The summed E-state index contributed by atoms with van der Waals surface area (Å²) >= 11 is 0. The summed E-state index contributed by atoms with van der Waals surface area (Å²) in [6.45, 7) is 7.14. The van der Waals surface area contributed by atoms with Crippen molar-refractivity contribution >= 4 is 11.7 Å². The molecule has 2 N–H and O–H groups in total. The van der Waals surface area contributed by atoms with Gasteiger partial charge in [-0.05, 0) is 34.7 Å². The van der Waals surface area contributed by atoms with Gasteiger partial charge in [-0.3, -0.25) is 0 Å². The van der Waals surface area contributed by atoms with Crippen molar-refractivity contribution in [2.24, 2.45) is 0 Å². The van der Waals surface area contributed by atoms with Crippen LogP contribution in [-0.2, 0) is 12.0 Å². The van der Waals surface area contributed by atoms with Gasteiger partial charge in [-0.25, -0.2) is 4.79 Å². The van der Waals surface area contributed by atoms with E-state index in [0.717, 1.165) is 11.3 Å². The molecule has 0 atom stereocenters. The number of benzene rings is 2. The molecule has 0 saturated carbocycles. The van der Waals surface area contributed by atoms with Crippen LogP contribution in [0.5, 0.6) is 0 Å². The predicted molar refractivity (Wildman–Crippen MR) is 85.9 cm³/mol. The molecule has 0 aromatic heterocycles. The van der Waals surface area contributed by atoms with E-state index in [0.29, 0.717) is 12.1 Å². The highest BCUT2D eigenvalue weighted by Gasteiger charge is 2.17. The van der Waals surface area contributed by atoms with Crippen LogP contribution in [0, 0.1) is 0 Å². The second-order valence-corrected chi connectivity index (χ2v) is 6.15. The van der Waals surface area contributed by atoms with Gasteiger partial charge >= 0.3 is 5.97 Å². The highest BCUT2D eigenvalue weighted by molar-refractivity contribution is 5.87. The Balaban J connectivity index is 2.17. The van der Waals surface area contributed by atoms with E-state index in [-0.39, 0.29) is 5.41 Å². The highest BCUT2D eigenvalue weighted by Crippen LogP contribution is 2.29. The van der Waals surface area contributed by atoms with Crippen molar-refractivity contribution in [3.63, 3.8) is 0 Å². The monoisotopic (exact) mass is 283 g/mol. The van der Waals surface area contributed by atoms with Crippen LogP contribution in [0.4, 0.5) is 5.69 Å². The van der Waals surface area contributed by atoms with Crippen molar-refractivity contribution in [3.05, 3.63) is 65.2 Å². The number of carboxylic acid groups (broad SMARTS) is 1. The normalized spacial score (nSPS) is 11.2. The molecule has 0 saturated heterocycles. The lowest BCUT2D eigenvalue weighted by Gasteiger charge is -2.23. The molecule has 0 fully saturated rings. The van der Waals surface area contributed by atoms with Gasteiger partial charge in [0.1, 0.15) is 0 Å². The Morgan fingerprint density at radius 1 is 1.10 bits per heavy atom. The van der Waals surface area contributed by atoms with Gasteiger partial charge in [-0.2, -0.15) is 0 Å². The summed E-state index contributed by atoms with van der Waals surface area (Å²) in [5.74, 6) is -0.896. The Morgan fingerprint density at radius 2 is 1.81 bits per heavy atom. The Hall–Kier alpha value is -2.29. The molecule has 21 heavy (non-hydrogen) atoms. The number of rotatable bonds is 4. The van der Waals surface area contributed by atoms with Gasteiger partial charge in [0.2, 0.25) is 0 Å². The second kappa shape index (κ2) is 6.00. The third-order valence-electron chi connectivity index (χ3n) is 3.39. The fourth-order valence-corrected chi connectivity index (χ4v) is 2.30. The number of hydrogen-bond donors (Lipinski definition) is 2. The van der Waals surface area contributed by atoms with E-state index in [1.54, 1.807) is 18.2 Å². The largest absolute Gasteiger partial charge is 0.478 e. The minimum absolute atomic E-state index is 0.0620. The standard InChI is InChI=1S/C18H21NO2/c1-18(2,3)15-9-4-5-10-16(15)19-12-13-7-6-8-14(11-13)17(20)21/h4-11,19H,12H2,1-3H3,(H,20,21). The molecule has 0 spiro atoms. The molecule has 110 valence electrons. The maximum Gasteiger partial charge on any atom is 0.335 e. The summed E-state index contributed by atoms with van der Waals surface area (Å²) in [5.41, 5.74) is 3.68. The molecule has 0 radical (unpaired) electrons. The lowest BCUT2D eigenvalue weighted by Crippen LogP contribution is -2.14. The molecular formula is C18H21NO2. The minimum Gasteiger partial charge on any atom is -0.478 e. The number of nitrogens with one attached hydrogen (secondary N) is 1. The number of para-hydroxylation sites is 1. The molecular weight excluding hydrogens is 262 g/mol. The van der Waals surface area contributed by atoms with Crippen molar-refractivity contribution in [3.8, 4) is 0 Å². The molecule has 0 unspecified atom stereocenters. The first-order valence-electron chi connectivity index (χ1n) is 7.03. The fourth-order valence-electron chi connectivity index (χ4n) is 2.30. The molecule has 0 heterocycles. The van der Waals surface area contributed by atoms with Crippen molar-refractivity contribution < 1.29 is 9.90 Å². The number of aromatic carboxylic acids is 1. The van der Waals surface area contributed by atoms with E-state index in [4.69, 9.17) is 5.11 Å². The average Bonchev–Trinajstić information content (AvgIpc) is 2.45. The molecule has 2 aromatic rings. The van der Waals surface area contributed by atoms with E-state index in [2.05, 4.69) is 38.2 Å². The molecule has 3 heteroatoms. The van der Waals surface area contributed by atoms with Crippen molar-refractivity contribution in [1.82, 2.24) is 0 Å². The Kier molecular flexibility index (Phi) is 4.32. The number of hydrogen-bond acceptors (Lipinski definition) is 2. The van der Waals surface area contributed by atoms with Crippen molar-refractivity contribution in [2.45, 2.75) is 32.7 Å². The van der Waals surface area contributed by atoms with Crippen LogP contribution >= 0.6 is 0 Å². The lowest BCUT2D eigenvalue weighted by atomic mass is 9.86. The van der Waals surface area contributed by atoms with E-state index >= 15 is 0 Å². The van der Waals surface area contributed by atoms with Crippen LogP contribution in [0.25, 0.3) is 0 Å². The summed E-state index contributed by atoms with van der Waals surface area (Å²) in [6.07, 6.45) is 0. The van der Waals surface area contributed by atoms with E-state index < -0.39 is 5.97 Å². The zero-order valence-electron chi connectivity index (χ0n) is 12.7. The zero-order chi connectivity index (χ0) is 15.5. The highest BCUT2D eigenvalue weighted by atomic mass is 16.4. The molecule has 0 aliphatic heterocycles. The third-order valence-corrected chi connectivity index (χ3v) is 3.39. The van der Waals surface area contributed by atoms with Crippen LogP contribution in [0.15, 0.2) is 48.5 Å². The van der Waals surface area contributed by atoms with Crippen molar-refractivity contribution in [1.29, 1.82) is 0 Å². The van der Waals surface area contributed by atoms with Gasteiger partial charge in [0.05, 0.1) is 5.56 Å². The summed E-state index contributed by atoms with van der Waals surface area (Å²) in [7, 11) is 0. The van der Waals surface area contributed by atoms with Gasteiger partial charge in [-0.15, -0.1) is 0 Å². The van der Waals surface area contributed by atoms with E-state index in [1.807, 2.05) is 18.2 Å². The maximum atomic E-state index is 11.0. The average molecular weight is 283 g/mol. The second-order valence-electron chi connectivity index (χ2n) is 6.15. The molecule has 2 rings (SSSR count). The molecule has 0 aliphatic carbocycles. The summed E-state index contributed by atoms with van der Waals surface area (Å²) < 4.78 is 0. The summed E-state index contributed by atoms with van der Waals surface area (Å²) in [5, 5.41) is 12.4. The Labute approximate surface area is 125 Å². The number of carbonyl (C=O) groups is 1. The van der Waals surface area contributed by atoms with Crippen LogP contribution in [-0.4, -0.2) is 11.1 Å². The Bertz CT molecular complexity index is 642. The van der Waals surface area contributed by atoms with Gasteiger partial charge in [-0.1, -0.05) is 51.1 Å². The van der Waals surface area contributed by atoms with Gasteiger partial charge in [0.25, 0.3) is 0 Å². The first-order valence-corrected chi connectivity index (χ1v) is 7.03. The summed E-state index contributed by atoms with van der Waals surface area (Å²) in [6, 6.07) is 15.2. The van der Waals surface area contributed by atoms with Crippen LogP contribution in [0.3, 0.4) is 0 Å². The number of anilines is 1. The van der Waals surface area contributed by atoms with Crippen molar-refractivity contribution in [2.75, 3.05) is 5.32 Å². The van der Waals surface area contributed by atoms with Gasteiger partial charge < -0.3 is 10.4 Å². The SMILES string of the molecule is CC(C)(C)c1ccccc1NCc1cccc(C(=O)O)c1. The topological polar surface area (TPSA) is 49.3 Å². The quantitative estimate of drug-likeness (QED) is 0.879. The van der Waals surface area contributed by atoms with E-state index in [9.17, 15) is 4.79 Å². The summed E-state index contributed by atoms with van der Waals surface area (Å²) in [4.78, 5) is 11.0. The van der Waals surface area contributed by atoms with Crippen LogP contribution < -0.4 is 5.32 Å². The molecule has 0 aliphatic rings. The van der Waals surface area contributed by atoms with Gasteiger partial charge in [0.15, 0.2) is 0 Å². The first-order chi connectivity index (χ1) is 9.88. The third kappa shape index (κ3) is 3.85. The lowest BCUT2D eigenvalue weighted by molar-refractivity contribution is 0.0697. The maximum absolute atomic E-state index is 11.0.